The van der Waals surface area contributed by atoms with Crippen LogP contribution in [0.1, 0.15) is 24.4 Å². The fraction of sp³-hybridized carbons (Fsp3) is 0.320. The summed E-state index contributed by atoms with van der Waals surface area (Å²) in [4.78, 5) is 13.4. The van der Waals surface area contributed by atoms with Crippen molar-refractivity contribution in [1.82, 2.24) is 19.6 Å². The summed E-state index contributed by atoms with van der Waals surface area (Å²) in [5, 5.41) is 24.7. The number of fused-ring (bicyclic) bond motifs is 1. The van der Waals surface area contributed by atoms with E-state index in [1.807, 2.05) is 41.3 Å². The maximum atomic E-state index is 13.9. The van der Waals surface area contributed by atoms with Crippen LogP contribution in [0, 0.1) is 5.82 Å². The smallest absolute Gasteiger partial charge is 0.154 e. The van der Waals surface area contributed by atoms with Gasteiger partial charge in [0.05, 0.1) is 30.1 Å². The van der Waals surface area contributed by atoms with Crippen LogP contribution in [-0.2, 0) is 0 Å². The van der Waals surface area contributed by atoms with Gasteiger partial charge in [-0.25, -0.2) is 18.9 Å². The molecule has 2 aliphatic rings. The summed E-state index contributed by atoms with van der Waals surface area (Å²) in [6.07, 6.45) is 2.14. The second-order valence-corrected chi connectivity index (χ2v) is 8.93. The van der Waals surface area contributed by atoms with Crippen LogP contribution in [0.2, 0.25) is 0 Å². The summed E-state index contributed by atoms with van der Waals surface area (Å²) in [7, 11) is 0. The Kier molecular flexibility index (Phi) is 5.15. The summed E-state index contributed by atoms with van der Waals surface area (Å²) in [5.74, 6) is 1.26. The highest BCUT2D eigenvalue weighted by Gasteiger charge is 2.31. The highest BCUT2D eigenvalue weighted by Crippen LogP contribution is 2.35. The van der Waals surface area contributed by atoms with Crippen LogP contribution in [0.25, 0.3) is 17.0 Å². The van der Waals surface area contributed by atoms with Gasteiger partial charge in [0.25, 0.3) is 0 Å². The molecular weight excluding hydrogens is 435 g/mol. The highest BCUT2D eigenvalue weighted by atomic mass is 19.1. The summed E-state index contributed by atoms with van der Waals surface area (Å²) >= 11 is 0. The molecule has 5 heterocycles. The zero-order chi connectivity index (χ0) is 23.2. The number of aromatic nitrogens is 4. The SMILES string of the molecule is OC1CN(c2cccc(-c3cnc4ccc(N5CCCC5c5cccc(F)c5)nn34)n2)CC1O. The molecule has 6 rings (SSSR count). The fourth-order valence-corrected chi connectivity index (χ4v) is 4.99. The Bertz CT molecular complexity index is 1330. The first kappa shape index (κ1) is 21.0. The molecular formula is C25H25FN6O2. The lowest BCUT2D eigenvalue weighted by molar-refractivity contribution is 0.0572. The number of hydrogen-bond donors (Lipinski definition) is 2. The molecule has 34 heavy (non-hydrogen) atoms. The van der Waals surface area contributed by atoms with E-state index in [-0.39, 0.29) is 11.9 Å². The van der Waals surface area contributed by atoms with Crippen LogP contribution in [0.3, 0.4) is 0 Å². The molecule has 0 radical (unpaired) electrons. The van der Waals surface area contributed by atoms with Crippen molar-refractivity contribution >= 4 is 17.3 Å². The molecule has 174 valence electrons. The number of anilines is 2. The molecule has 8 nitrogen and oxygen atoms in total. The molecule has 4 aromatic rings. The third kappa shape index (κ3) is 3.66. The first-order valence-electron chi connectivity index (χ1n) is 11.5. The highest BCUT2D eigenvalue weighted by molar-refractivity contribution is 5.63. The zero-order valence-electron chi connectivity index (χ0n) is 18.5. The van der Waals surface area contributed by atoms with Crippen molar-refractivity contribution in [3.05, 3.63) is 72.2 Å². The quantitative estimate of drug-likeness (QED) is 0.484. The molecule has 0 amide bonds. The largest absolute Gasteiger partial charge is 0.389 e. The van der Waals surface area contributed by atoms with Crippen LogP contribution in [0.5, 0.6) is 0 Å². The molecule has 0 bridgehead atoms. The topological polar surface area (TPSA) is 90.0 Å². The molecule has 2 saturated heterocycles. The predicted octanol–water partition coefficient (Wildman–Crippen LogP) is 2.81. The van der Waals surface area contributed by atoms with Gasteiger partial charge in [0.1, 0.15) is 23.1 Å². The molecule has 3 atom stereocenters. The number of nitrogens with zero attached hydrogens (tertiary/aromatic N) is 6. The third-order valence-electron chi connectivity index (χ3n) is 6.71. The second-order valence-electron chi connectivity index (χ2n) is 8.93. The number of halogens is 1. The van der Waals surface area contributed by atoms with E-state index < -0.39 is 12.2 Å². The van der Waals surface area contributed by atoms with Crippen LogP contribution in [0.15, 0.2) is 60.8 Å². The first-order valence-corrected chi connectivity index (χ1v) is 11.5. The van der Waals surface area contributed by atoms with Gasteiger partial charge in [-0.3, -0.25) is 0 Å². The summed E-state index contributed by atoms with van der Waals surface area (Å²) < 4.78 is 15.6. The van der Waals surface area contributed by atoms with Crippen molar-refractivity contribution in [3.8, 4) is 11.4 Å². The van der Waals surface area contributed by atoms with Crippen LogP contribution in [0.4, 0.5) is 16.0 Å². The van der Waals surface area contributed by atoms with Crippen molar-refractivity contribution < 1.29 is 14.6 Å². The Labute approximate surface area is 195 Å². The molecule has 3 unspecified atom stereocenters. The zero-order valence-corrected chi connectivity index (χ0v) is 18.5. The minimum Gasteiger partial charge on any atom is -0.389 e. The lowest BCUT2D eigenvalue weighted by atomic mass is 10.0. The Morgan fingerprint density at radius 3 is 2.59 bits per heavy atom. The van der Waals surface area contributed by atoms with E-state index in [2.05, 4.69) is 9.88 Å². The van der Waals surface area contributed by atoms with Gasteiger partial charge in [-0.15, -0.1) is 5.10 Å². The van der Waals surface area contributed by atoms with Gasteiger partial charge in [0.15, 0.2) is 5.65 Å². The van der Waals surface area contributed by atoms with Gasteiger partial charge in [-0.2, -0.15) is 0 Å². The second kappa shape index (κ2) is 8.34. The molecule has 9 heteroatoms. The van der Waals surface area contributed by atoms with Crippen molar-refractivity contribution in [1.29, 1.82) is 0 Å². The molecule has 1 aromatic carbocycles. The van der Waals surface area contributed by atoms with Gasteiger partial charge in [-0.05, 0) is 54.8 Å². The average Bonchev–Trinajstić information content (AvgIpc) is 3.57. The lowest BCUT2D eigenvalue weighted by Gasteiger charge is -2.26. The Balaban J connectivity index is 1.35. The van der Waals surface area contributed by atoms with E-state index >= 15 is 0 Å². The van der Waals surface area contributed by atoms with E-state index in [0.717, 1.165) is 36.5 Å². The summed E-state index contributed by atoms with van der Waals surface area (Å²) in [5.41, 5.74) is 3.11. The third-order valence-corrected chi connectivity index (χ3v) is 6.71. The number of hydrogen-bond acceptors (Lipinski definition) is 7. The van der Waals surface area contributed by atoms with Gasteiger partial charge in [-0.1, -0.05) is 18.2 Å². The Morgan fingerprint density at radius 1 is 0.941 bits per heavy atom. The molecule has 0 aliphatic carbocycles. The molecule has 2 N–H and O–H groups in total. The summed E-state index contributed by atoms with van der Waals surface area (Å²) in [6.45, 7) is 1.52. The number of pyridine rings is 1. The number of aliphatic hydroxyl groups is 2. The molecule has 3 aromatic heterocycles. The number of rotatable bonds is 4. The van der Waals surface area contributed by atoms with Gasteiger partial charge < -0.3 is 20.0 Å². The number of imidazole rings is 1. The Hall–Kier alpha value is -3.56. The van der Waals surface area contributed by atoms with Gasteiger partial charge in [0.2, 0.25) is 0 Å². The average molecular weight is 461 g/mol. The fourth-order valence-electron chi connectivity index (χ4n) is 4.99. The van der Waals surface area contributed by atoms with Gasteiger partial charge >= 0.3 is 0 Å². The number of β-amino-alcohol motifs (C(OH)–C–C–N with tert-alkyl or cyclic N) is 2. The predicted molar refractivity (Wildman–Crippen MR) is 126 cm³/mol. The van der Waals surface area contributed by atoms with Crippen molar-refractivity contribution in [2.24, 2.45) is 0 Å². The van der Waals surface area contributed by atoms with Crippen LogP contribution >= 0.6 is 0 Å². The minimum absolute atomic E-state index is 0.0714. The normalized spacial score (nSPS) is 22.7. The van der Waals surface area contributed by atoms with Gasteiger partial charge in [0, 0.05) is 19.6 Å². The Morgan fingerprint density at radius 2 is 1.76 bits per heavy atom. The van der Waals surface area contributed by atoms with E-state index in [4.69, 9.17) is 10.1 Å². The van der Waals surface area contributed by atoms with Crippen molar-refractivity contribution in [3.63, 3.8) is 0 Å². The maximum Gasteiger partial charge on any atom is 0.154 e. The van der Waals surface area contributed by atoms with E-state index in [0.29, 0.717) is 30.2 Å². The lowest BCUT2D eigenvalue weighted by Crippen LogP contribution is -2.24. The van der Waals surface area contributed by atoms with Crippen molar-refractivity contribution in [2.75, 3.05) is 29.4 Å². The number of benzene rings is 1. The van der Waals surface area contributed by atoms with Crippen LogP contribution in [-0.4, -0.2) is 61.6 Å². The standard InChI is InChI=1S/C25H25FN6O2/c26-17-5-1-4-16(12-17)19-7-3-11-31(19)25-10-9-23-27-13-20(32(23)29-25)18-6-2-8-24(28-18)30-14-21(33)22(34)15-30/h1-2,4-6,8-10,12-13,19,21-22,33-34H,3,7,11,14-15H2. The summed E-state index contributed by atoms with van der Waals surface area (Å²) in [6, 6.07) is 16.4. The molecule has 0 spiro atoms. The van der Waals surface area contributed by atoms with E-state index in [9.17, 15) is 14.6 Å². The van der Waals surface area contributed by atoms with Crippen molar-refractivity contribution in [2.45, 2.75) is 31.1 Å². The monoisotopic (exact) mass is 460 g/mol. The molecule has 2 fully saturated rings. The van der Waals surface area contributed by atoms with E-state index in [1.165, 1.54) is 6.07 Å². The van der Waals surface area contributed by atoms with Crippen LogP contribution < -0.4 is 9.80 Å². The van der Waals surface area contributed by atoms with E-state index in [1.54, 1.807) is 22.8 Å². The first-order chi connectivity index (χ1) is 16.6. The minimum atomic E-state index is -0.781. The maximum absolute atomic E-state index is 13.9. The number of aliphatic hydroxyl groups excluding tert-OH is 2. The molecule has 2 aliphatic heterocycles. The molecule has 0 saturated carbocycles.